The molecule has 0 aliphatic carbocycles. The number of aromatic amines is 1. The SMILES string of the molecule is C=C(c1cc(C)cc2cn[nH]c12)N1CCCC[C@H]1c1cc2nc(N3CC(C#N)[C@@H](C)C3)c(C)cn2n1. The first-order valence-corrected chi connectivity index (χ1v) is 12.8. The number of aromatic nitrogens is 5. The molecule has 0 saturated carbocycles. The van der Waals surface area contributed by atoms with Gasteiger partial charge in [-0.2, -0.15) is 15.5 Å². The van der Waals surface area contributed by atoms with Crippen LogP contribution in [0.4, 0.5) is 5.82 Å². The maximum absolute atomic E-state index is 9.47. The Morgan fingerprint density at radius 2 is 2.06 bits per heavy atom. The highest BCUT2D eigenvalue weighted by Crippen LogP contribution is 2.38. The van der Waals surface area contributed by atoms with Crippen molar-refractivity contribution < 1.29 is 0 Å². The molecule has 0 amide bonds. The third kappa shape index (κ3) is 3.70. The first-order chi connectivity index (χ1) is 17.4. The van der Waals surface area contributed by atoms with Gasteiger partial charge < -0.3 is 9.80 Å². The molecule has 4 aromatic rings. The average Bonchev–Trinajstić information content (AvgIpc) is 3.60. The van der Waals surface area contributed by atoms with Crippen LogP contribution in [0, 0.1) is 37.0 Å². The third-order valence-electron chi connectivity index (χ3n) is 7.90. The van der Waals surface area contributed by atoms with Gasteiger partial charge >= 0.3 is 0 Å². The van der Waals surface area contributed by atoms with Crippen LogP contribution in [0.1, 0.15) is 54.6 Å². The van der Waals surface area contributed by atoms with Gasteiger partial charge in [0.25, 0.3) is 0 Å². The summed E-state index contributed by atoms with van der Waals surface area (Å²) in [5.74, 6) is 1.36. The molecule has 0 bridgehead atoms. The van der Waals surface area contributed by atoms with Crippen molar-refractivity contribution in [2.45, 2.75) is 46.1 Å². The molecule has 5 heterocycles. The zero-order chi connectivity index (χ0) is 25.0. The number of anilines is 1. The van der Waals surface area contributed by atoms with E-state index in [1.165, 1.54) is 5.56 Å². The van der Waals surface area contributed by atoms with Crippen molar-refractivity contribution in [3.05, 3.63) is 59.6 Å². The summed E-state index contributed by atoms with van der Waals surface area (Å²) in [6, 6.07) is 9.07. The first-order valence-electron chi connectivity index (χ1n) is 12.8. The number of nitriles is 1. The van der Waals surface area contributed by atoms with Crippen molar-refractivity contribution in [1.29, 1.82) is 5.26 Å². The molecule has 184 valence electrons. The van der Waals surface area contributed by atoms with Crippen LogP contribution in [0.2, 0.25) is 0 Å². The highest BCUT2D eigenvalue weighted by atomic mass is 15.3. The van der Waals surface area contributed by atoms with E-state index in [1.54, 1.807) is 0 Å². The molecule has 1 aromatic carbocycles. The smallest absolute Gasteiger partial charge is 0.157 e. The molecule has 8 nitrogen and oxygen atoms in total. The number of benzene rings is 1. The largest absolute Gasteiger partial charge is 0.363 e. The number of likely N-dealkylation sites (tertiary alicyclic amines) is 1. The molecule has 2 aliphatic heterocycles. The number of nitrogens with one attached hydrogen (secondary N) is 1. The van der Waals surface area contributed by atoms with Crippen molar-refractivity contribution in [1.82, 2.24) is 29.7 Å². The Hall–Kier alpha value is -3.86. The number of nitrogens with zero attached hydrogens (tertiary/aromatic N) is 7. The van der Waals surface area contributed by atoms with E-state index < -0.39 is 0 Å². The summed E-state index contributed by atoms with van der Waals surface area (Å²) < 4.78 is 1.91. The summed E-state index contributed by atoms with van der Waals surface area (Å²) in [5.41, 5.74) is 7.29. The van der Waals surface area contributed by atoms with E-state index in [1.807, 2.05) is 10.7 Å². The van der Waals surface area contributed by atoms with Crippen LogP contribution < -0.4 is 4.90 Å². The van der Waals surface area contributed by atoms with E-state index in [0.29, 0.717) is 5.92 Å². The number of rotatable bonds is 4. The van der Waals surface area contributed by atoms with E-state index >= 15 is 0 Å². The standard InChI is InChI=1S/C28H32N8/c1-17-9-21-13-30-32-27(21)23(10-17)20(4)35-8-6-5-7-25(35)24-11-26-31-28(19(3)15-36(26)33-24)34-14-18(2)22(12-29)16-34/h9-11,13,15,18,22,25H,4-8,14,16H2,1-3H3,(H,30,32)/t18-,22?,25-/m0/s1. The van der Waals surface area contributed by atoms with Crippen LogP contribution in [0.15, 0.2) is 37.2 Å². The van der Waals surface area contributed by atoms with Crippen molar-refractivity contribution in [3.63, 3.8) is 0 Å². The number of H-pyrrole nitrogens is 1. The number of piperidine rings is 1. The minimum atomic E-state index is 0.0488. The van der Waals surface area contributed by atoms with E-state index in [2.05, 4.69) is 77.8 Å². The minimum absolute atomic E-state index is 0.0488. The first kappa shape index (κ1) is 22.6. The van der Waals surface area contributed by atoms with Gasteiger partial charge in [-0.05, 0) is 56.7 Å². The predicted octanol–water partition coefficient (Wildman–Crippen LogP) is 5.02. The summed E-state index contributed by atoms with van der Waals surface area (Å²) in [6.45, 7) is 13.4. The molecular weight excluding hydrogens is 448 g/mol. The van der Waals surface area contributed by atoms with Gasteiger partial charge in [-0.1, -0.05) is 13.5 Å². The Labute approximate surface area is 211 Å². The van der Waals surface area contributed by atoms with Crippen molar-refractivity contribution in [3.8, 4) is 6.07 Å². The molecule has 2 saturated heterocycles. The topological polar surface area (TPSA) is 89.1 Å². The lowest BCUT2D eigenvalue weighted by Crippen LogP contribution is -2.32. The number of aryl methyl sites for hydroxylation is 2. The Morgan fingerprint density at radius 1 is 1.19 bits per heavy atom. The predicted molar refractivity (Wildman–Crippen MR) is 141 cm³/mol. The van der Waals surface area contributed by atoms with Gasteiger partial charge in [0, 0.05) is 54.1 Å². The highest BCUT2D eigenvalue weighted by Gasteiger charge is 2.32. The molecule has 2 fully saturated rings. The maximum atomic E-state index is 9.47. The monoisotopic (exact) mass is 480 g/mol. The minimum Gasteiger partial charge on any atom is -0.363 e. The summed E-state index contributed by atoms with van der Waals surface area (Å²) >= 11 is 0. The highest BCUT2D eigenvalue weighted by molar-refractivity contribution is 5.90. The number of fused-ring (bicyclic) bond motifs is 2. The van der Waals surface area contributed by atoms with Crippen molar-refractivity contribution in [2.75, 3.05) is 24.5 Å². The second kappa shape index (κ2) is 8.66. The van der Waals surface area contributed by atoms with Gasteiger partial charge in [-0.15, -0.1) is 0 Å². The van der Waals surface area contributed by atoms with Gasteiger partial charge in [-0.25, -0.2) is 9.50 Å². The van der Waals surface area contributed by atoms with E-state index in [9.17, 15) is 5.26 Å². The number of hydrogen-bond donors (Lipinski definition) is 1. The van der Waals surface area contributed by atoms with Crippen LogP contribution >= 0.6 is 0 Å². The summed E-state index contributed by atoms with van der Waals surface area (Å²) in [7, 11) is 0. The van der Waals surface area contributed by atoms with E-state index in [-0.39, 0.29) is 12.0 Å². The Morgan fingerprint density at radius 3 is 2.86 bits per heavy atom. The third-order valence-corrected chi connectivity index (χ3v) is 7.90. The lowest BCUT2D eigenvalue weighted by Gasteiger charge is -2.38. The molecule has 1 unspecified atom stereocenters. The molecular formula is C28H32N8. The second-order valence-electron chi connectivity index (χ2n) is 10.5. The van der Waals surface area contributed by atoms with Gasteiger partial charge in [0.2, 0.25) is 0 Å². The molecule has 3 aromatic heterocycles. The van der Waals surface area contributed by atoms with Gasteiger partial charge in [0.1, 0.15) is 5.82 Å². The van der Waals surface area contributed by atoms with Crippen LogP contribution in [0.25, 0.3) is 22.2 Å². The van der Waals surface area contributed by atoms with Crippen molar-refractivity contribution >= 4 is 28.1 Å². The Bertz CT molecular complexity index is 1510. The molecule has 0 spiro atoms. The summed E-state index contributed by atoms with van der Waals surface area (Å²) in [4.78, 5) is 9.67. The average molecular weight is 481 g/mol. The quantitative estimate of drug-likeness (QED) is 0.441. The van der Waals surface area contributed by atoms with Crippen LogP contribution in [-0.2, 0) is 0 Å². The molecule has 36 heavy (non-hydrogen) atoms. The molecule has 1 N–H and O–H groups in total. The summed E-state index contributed by atoms with van der Waals surface area (Å²) in [6.07, 6.45) is 7.27. The molecule has 8 heteroatoms. The van der Waals surface area contributed by atoms with E-state index in [0.717, 1.165) is 83.8 Å². The zero-order valence-electron chi connectivity index (χ0n) is 21.2. The van der Waals surface area contributed by atoms with Crippen LogP contribution in [0.3, 0.4) is 0 Å². The van der Waals surface area contributed by atoms with Gasteiger partial charge in [0.15, 0.2) is 5.65 Å². The fraction of sp³-hybridized carbons (Fsp3) is 0.429. The molecule has 3 atom stereocenters. The Kier molecular flexibility index (Phi) is 5.44. The lowest BCUT2D eigenvalue weighted by molar-refractivity contribution is 0.226. The fourth-order valence-electron chi connectivity index (χ4n) is 5.96. The molecule has 2 aliphatic rings. The molecule has 0 radical (unpaired) electrons. The lowest BCUT2D eigenvalue weighted by atomic mass is 9.96. The zero-order valence-corrected chi connectivity index (χ0v) is 21.2. The Balaban J connectivity index is 1.34. The summed E-state index contributed by atoms with van der Waals surface area (Å²) in [5, 5.41) is 23.0. The van der Waals surface area contributed by atoms with Gasteiger partial charge in [-0.3, -0.25) is 5.10 Å². The van der Waals surface area contributed by atoms with Crippen molar-refractivity contribution in [2.24, 2.45) is 11.8 Å². The van der Waals surface area contributed by atoms with Crippen LogP contribution in [-0.4, -0.2) is 49.3 Å². The van der Waals surface area contributed by atoms with E-state index in [4.69, 9.17) is 10.1 Å². The second-order valence-corrected chi connectivity index (χ2v) is 10.5. The van der Waals surface area contributed by atoms with Gasteiger partial charge in [0.05, 0.1) is 35.4 Å². The number of hydrogen-bond acceptors (Lipinski definition) is 6. The fourth-order valence-corrected chi connectivity index (χ4v) is 5.96. The maximum Gasteiger partial charge on any atom is 0.157 e. The normalized spacial score (nSPS) is 22.4. The molecule has 6 rings (SSSR count). The van der Waals surface area contributed by atoms with Crippen LogP contribution in [0.5, 0.6) is 0 Å².